The Morgan fingerprint density at radius 1 is 1.03 bits per heavy atom. The lowest BCUT2D eigenvalue weighted by molar-refractivity contribution is 1.10. The fourth-order valence-corrected chi connectivity index (χ4v) is 4.25. The van der Waals surface area contributed by atoms with Crippen LogP contribution in [-0.4, -0.2) is 24.9 Å². The summed E-state index contributed by atoms with van der Waals surface area (Å²) >= 11 is 6.39. The summed E-state index contributed by atoms with van der Waals surface area (Å²) < 4.78 is 0. The van der Waals surface area contributed by atoms with Crippen LogP contribution in [0, 0.1) is 0 Å². The van der Waals surface area contributed by atoms with Crippen LogP contribution < -0.4 is 5.73 Å². The number of nitrogen functional groups attached to an aromatic ring is 1. The summed E-state index contributed by atoms with van der Waals surface area (Å²) in [6.07, 6.45) is 7.73. The molecule has 1 aromatic carbocycles. The summed E-state index contributed by atoms with van der Waals surface area (Å²) in [6, 6.07) is 11.6. The van der Waals surface area contributed by atoms with Gasteiger partial charge in [-0.3, -0.25) is 4.98 Å². The van der Waals surface area contributed by atoms with Crippen molar-refractivity contribution in [3.05, 3.63) is 65.6 Å². The molecule has 5 aromatic rings. The van der Waals surface area contributed by atoms with Crippen LogP contribution in [0.2, 0.25) is 5.02 Å². The normalized spacial score (nSPS) is 13.9. The number of benzene rings is 1. The van der Waals surface area contributed by atoms with Gasteiger partial charge in [0.2, 0.25) is 0 Å². The fraction of sp³-hybridized carbons (Fsp3) is 0.130. The molecule has 1 aliphatic carbocycles. The van der Waals surface area contributed by atoms with Gasteiger partial charge in [0.15, 0.2) is 5.82 Å². The number of anilines is 1. The van der Waals surface area contributed by atoms with E-state index in [0.717, 1.165) is 44.3 Å². The van der Waals surface area contributed by atoms with Crippen LogP contribution >= 0.6 is 11.6 Å². The number of hydrogen-bond donors (Lipinski definition) is 2. The van der Waals surface area contributed by atoms with Gasteiger partial charge in [0.1, 0.15) is 11.5 Å². The molecule has 0 bridgehead atoms. The van der Waals surface area contributed by atoms with Gasteiger partial charge >= 0.3 is 0 Å². The van der Waals surface area contributed by atoms with Crippen LogP contribution in [0.3, 0.4) is 0 Å². The molecule has 0 radical (unpaired) electrons. The van der Waals surface area contributed by atoms with E-state index in [4.69, 9.17) is 22.3 Å². The molecule has 4 aromatic heterocycles. The molecular formula is C23H17ClN6. The minimum Gasteiger partial charge on any atom is -0.383 e. The Morgan fingerprint density at radius 3 is 2.73 bits per heavy atom. The van der Waals surface area contributed by atoms with Crippen LogP contribution in [-0.2, 0) is 0 Å². The quantitative estimate of drug-likeness (QED) is 0.416. The van der Waals surface area contributed by atoms with Crippen molar-refractivity contribution in [2.24, 2.45) is 0 Å². The van der Waals surface area contributed by atoms with Gasteiger partial charge in [0.25, 0.3) is 0 Å². The van der Waals surface area contributed by atoms with E-state index in [9.17, 15) is 0 Å². The Morgan fingerprint density at radius 2 is 1.90 bits per heavy atom. The first-order valence-corrected chi connectivity index (χ1v) is 10.2. The Kier molecular flexibility index (Phi) is 3.76. The number of halogens is 1. The van der Waals surface area contributed by atoms with Crippen molar-refractivity contribution < 1.29 is 0 Å². The second kappa shape index (κ2) is 6.50. The van der Waals surface area contributed by atoms with Crippen LogP contribution in [0.5, 0.6) is 0 Å². The summed E-state index contributed by atoms with van der Waals surface area (Å²) in [5.41, 5.74) is 11.7. The molecule has 4 heterocycles. The van der Waals surface area contributed by atoms with Crippen molar-refractivity contribution >= 4 is 39.4 Å². The first-order valence-electron chi connectivity index (χ1n) is 9.83. The van der Waals surface area contributed by atoms with E-state index in [1.807, 2.05) is 42.6 Å². The van der Waals surface area contributed by atoms with Gasteiger partial charge in [-0.2, -0.15) is 0 Å². The molecule has 0 spiro atoms. The highest BCUT2D eigenvalue weighted by Crippen LogP contribution is 2.44. The highest BCUT2D eigenvalue weighted by Gasteiger charge is 2.27. The molecule has 1 fully saturated rings. The number of pyridine rings is 2. The van der Waals surface area contributed by atoms with Crippen LogP contribution in [0.4, 0.5) is 5.82 Å². The van der Waals surface area contributed by atoms with Crippen LogP contribution in [0.15, 0.2) is 55.0 Å². The fourth-order valence-electron chi connectivity index (χ4n) is 4.01. The van der Waals surface area contributed by atoms with E-state index in [2.05, 4.69) is 19.9 Å². The number of rotatable bonds is 3. The topological polar surface area (TPSA) is 93.4 Å². The third-order valence-electron chi connectivity index (χ3n) is 5.62. The van der Waals surface area contributed by atoms with Crippen molar-refractivity contribution in [1.82, 2.24) is 24.9 Å². The maximum Gasteiger partial charge on any atom is 0.163 e. The van der Waals surface area contributed by atoms with E-state index in [1.54, 1.807) is 12.4 Å². The van der Waals surface area contributed by atoms with Crippen molar-refractivity contribution in [2.45, 2.75) is 18.8 Å². The Bertz CT molecular complexity index is 1440. The van der Waals surface area contributed by atoms with Gasteiger partial charge in [-0.25, -0.2) is 15.0 Å². The molecule has 3 N–H and O–H groups in total. The van der Waals surface area contributed by atoms with Crippen molar-refractivity contribution in [1.29, 1.82) is 0 Å². The lowest BCUT2D eigenvalue weighted by atomic mass is 10.1. The summed E-state index contributed by atoms with van der Waals surface area (Å²) in [5, 5.41) is 2.51. The lowest BCUT2D eigenvalue weighted by Crippen LogP contribution is -2.01. The molecule has 0 unspecified atom stereocenters. The van der Waals surface area contributed by atoms with Gasteiger partial charge in [-0.1, -0.05) is 29.8 Å². The maximum absolute atomic E-state index is 6.40. The van der Waals surface area contributed by atoms with Crippen LogP contribution in [0.1, 0.15) is 24.3 Å². The minimum atomic E-state index is 0.492. The zero-order valence-corrected chi connectivity index (χ0v) is 16.7. The molecule has 6 rings (SSSR count). The number of H-pyrrole nitrogens is 1. The van der Waals surface area contributed by atoms with E-state index >= 15 is 0 Å². The number of aromatic amines is 1. The summed E-state index contributed by atoms with van der Waals surface area (Å²) in [7, 11) is 0. The monoisotopic (exact) mass is 412 g/mol. The predicted molar refractivity (Wildman–Crippen MR) is 119 cm³/mol. The molecule has 30 heavy (non-hydrogen) atoms. The zero-order valence-electron chi connectivity index (χ0n) is 15.9. The second-order valence-electron chi connectivity index (χ2n) is 7.61. The van der Waals surface area contributed by atoms with E-state index in [1.165, 1.54) is 12.8 Å². The highest BCUT2D eigenvalue weighted by molar-refractivity contribution is 6.33. The summed E-state index contributed by atoms with van der Waals surface area (Å²) in [4.78, 5) is 21.7. The van der Waals surface area contributed by atoms with Gasteiger partial charge in [-0.05, 0) is 42.5 Å². The number of nitrogens with two attached hydrogens (primary N) is 1. The first kappa shape index (κ1) is 17.4. The number of nitrogens with zero attached hydrogens (tertiary/aromatic N) is 4. The van der Waals surface area contributed by atoms with E-state index in [-0.39, 0.29) is 0 Å². The standard InChI is InChI=1S/C23H17ClN6/c24-17-4-2-1-3-14(17)18-9-15-13(7-8-27-22(15)28-18)23-29-19-11-26-10-16(12-5-6-12)20(19)21(25)30-23/h1-4,7-12H,5-6H2,(H,27,28)(H2,25,29,30). The number of fused-ring (bicyclic) bond motifs is 2. The molecule has 1 saturated carbocycles. The van der Waals surface area contributed by atoms with E-state index < -0.39 is 0 Å². The van der Waals surface area contributed by atoms with Gasteiger partial charge in [-0.15, -0.1) is 0 Å². The minimum absolute atomic E-state index is 0.492. The number of nitrogens with one attached hydrogen (secondary N) is 1. The van der Waals surface area contributed by atoms with Crippen molar-refractivity contribution in [3.8, 4) is 22.6 Å². The molecule has 0 atom stereocenters. The SMILES string of the molecule is Nc1nc(-c2ccnc3[nH]c(-c4ccccc4Cl)cc23)nc2cncc(C3CC3)c12. The van der Waals surface area contributed by atoms with Crippen LogP contribution in [0.25, 0.3) is 44.6 Å². The van der Waals surface area contributed by atoms with Gasteiger partial charge in [0.05, 0.1) is 11.7 Å². The average Bonchev–Trinajstić information content (AvgIpc) is 3.51. The molecule has 0 saturated heterocycles. The van der Waals surface area contributed by atoms with Crippen molar-refractivity contribution in [2.75, 3.05) is 5.73 Å². The average molecular weight is 413 g/mol. The first-order chi connectivity index (χ1) is 14.7. The third kappa shape index (κ3) is 2.72. The zero-order chi connectivity index (χ0) is 20.2. The van der Waals surface area contributed by atoms with Gasteiger partial charge < -0.3 is 10.7 Å². The van der Waals surface area contributed by atoms with Crippen molar-refractivity contribution in [3.63, 3.8) is 0 Å². The smallest absolute Gasteiger partial charge is 0.163 e. The largest absolute Gasteiger partial charge is 0.383 e. The molecule has 1 aliphatic rings. The van der Waals surface area contributed by atoms with Gasteiger partial charge in [0, 0.05) is 45.0 Å². The Labute approximate surface area is 177 Å². The molecule has 146 valence electrons. The summed E-state index contributed by atoms with van der Waals surface area (Å²) in [5.74, 6) is 1.58. The molecule has 6 nitrogen and oxygen atoms in total. The number of aromatic nitrogens is 5. The number of hydrogen-bond acceptors (Lipinski definition) is 5. The molecular weight excluding hydrogens is 396 g/mol. The lowest BCUT2D eigenvalue weighted by Gasteiger charge is -2.09. The second-order valence-corrected chi connectivity index (χ2v) is 8.02. The third-order valence-corrected chi connectivity index (χ3v) is 5.95. The van der Waals surface area contributed by atoms with E-state index in [0.29, 0.717) is 22.6 Å². The Hall–Kier alpha value is -3.51. The highest BCUT2D eigenvalue weighted by atomic mass is 35.5. The summed E-state index contributed by atoms with van der Waals surface area (Å²) in [6.45, 7) is 0. The molecule has 7 heteroatoms. The predicted octanol–water partition coefficient (Wildman–Crippen LogP) is 5.35. The molecule has 0 amide bonds. The molecule has 0 aliphatic heterocycles. The Balaban J connectivity index is 1.55. The maximum atomic E-state index is 6.40.